The summed E-state index contributed by atoms with van der Waals surface area (Å²) in [4.78, 5) is 24.0. The molecule has 0 aliphatic rings. The number of esters is 1. The molecule has 0 atom stereocenters. The molecule has 1 amide bonds. The molecule has 2 aromatic carbocycles. The molecule has 0 saturated carbocycles. The zero-order valence-electron chi connectivity index (χ0n) is 15.3. The van der Waals surface area contributed by atoms with Crippen molar-refractivity contribution >= 4 is 11.9 Å². The number of nitrogens with one attached hydrogen (secondary N) is 1. The number of carbonyl (C=O) groups excluding carboxylic acids is 2. The Bertz CT molecular complexity index is 932. The van der Waals surface area contributed by atoms with Gasteiger partial charge in [0.15, 0.2) is 0 Å². The van der Waals surface area contributed by atoms with Crippen molar-refractivity contribution in [1.29, 1.82) is 0 Å². The van der Waals surface area contributed by atoms with Crippen LogP contribution in [0.1, 0.15) is 27.0 Å². The summed E-state index contributed by atoms with van der Waals surface area (Å²) in [6.07, 6.45) is 3.56. The molecular formula is C21H21N3O3. The maximum absolute atomic E-state index is 12.1. The van der Waals surface area contributed by atoms with Gasteiger partial charge in [0, 0.05) is 18.0 Å². The Morgan fingerprint density at radius 1 is 1.07 bits per heavy atom. The summed E-state index contributed by atoms with van der Waals surface area (Å²) in [6, 6.07) is 14.8. The number of amides is 1. The number of ether oxygens (including phenoxy) is 1. The van der Waals surface area contributed by atoms with E-state index in [2.05, 4.69) is 10.4 Å². The molecule has 1 aromatic heterocycles. The van der Waals surface area contributed by atoms with Gasteiger partial charge in [-0.15, -0.1) is 0 Å². The molecule has 0 spiro atoms. The minimum atomic E-state index is -0.483. The summed E-state index contributed by atoms with van der Waals surface area (Å²) in [5.74, 6) is -0.776. The van der Waals surface area contributed by atoms with Gasteiger partial charge in [0.1, 0.15) is 13.2 Å². The molecule has 0 aliphatic heterocycles. The third-order valence-corrected chi connectivity index (χ3v) is 4.27. The molecule has 0 radical (unpaired) electrons. The van der Waals surface area contributed by atoms with Gasteiger partial charge in [-0.3, -0.25) is 9.59 Å². The first-order chi connectivity index (χ1) is 13.0. The third kappa shape index (κ3) is 4.82. The second kappa shape index (κ2) is 8.31. The van der Waals surface area contributed by atoms with E-state index in [0.29, 0.717) is 5.56 Å². The molecule has 138 valence electrons. The van der Waals surface area contributed by atoms with Gasteiger partial charge in [-0.2, -0.15) is 5.10 Å². The van der Waals surface area contributed by atoms with Crippen LogP contribution >= 0.6 is 0 Å². The SMILES string of the molecule is Cc1ccc(C(=O)NCC(=O)OCc2ccc(-n3cccn3)cc2)cc1C. The van der Waals surface area contributed by atoms with Gasteiger partial charge in [0.05, 0.1) is 5.69 Å². The molecule has 0 fully saturated rings. The van der Waals surface area contributed by atoms with Gasteiger partial charge in [-0.05, 0) is 60.9 Å². The van der Waals surface area contributed by atoms with Crippen LogP contribution in [0.25, 0.3) is 5.69 Å². The summed E-state index contributed by atoms with van der Waals surface area (Å²) in [5, 5.41) is 6.74. The first-order valence-corrected chi connectivity index (χ1v) is 8.63. The summed E-state index contributed by atoms with van der Waals surface area (Å²) in [5.41, 5.74) is 4.46. The second-order valence-electron chi connectivity index (χ2n) is 6.26. The van der Waals surface area contributed by atoms with Crippen LogP contribution in [0, 0.1) is 13.8 Å². The van der Waals surface area contributed by atoms with Crippen LogP contribution in [0.15, 0.2) is 60.9 Å². The lowest BCUT2D eigenvalue weighted by Crippen LogP contribution is -2.30. The minimum Gasteiger partial charge on any atom is -0.460 e. The third-order valence-electron chi connectivity index (χ3n) is 4.27. The fourth-order valence-corrected chi connectivity index (χ4v) is 2.52. The predicted molar refractivity (Wildman–Crippen MR) is 102 cm³/mol. The number of nitrogens with zero attached hydrogens (tertiary/aromatic N) is 2. The highest BCUT2D eigenvalue weighted by Gasteiger charge is 2.10. The average Bonchev–Trinajstić information content (AvgIpc) is 3.22. The van der Waals surface area contributed by atoms with E-state index in [1.54, 1.807) is 23.0 Å². The highest BCUT2D eigenvalue weighted by Crippen LogP contribution is 2.10. The van der Waals surface area contributed by atoms with Crippen molar-refractivity contribution in [3.05, 3.63) is 83.2 Å². The van der Waals surface area contributed by atoms with Crippen molar-refractivity contribution < 1.29 is 14.3 Å². The van der Waals surface area contributed by atoms with E-state index in [4.69, 9.17) is 4.74 Å². The molecule has 3 rings (SSSR count). The molecule has 27 heavy (non-hydrogen) atoms. The fraction of sp³-hybridized carbons (Fsp3) is 0.190. The van der Waals surface area contributed by atoms with Crippen molar-refractivity contribution in [2.45, 2.75) is 20.5 Å². The Balaban J connectivity index is 1.46. The van der Waals surface area contributed by atoms with Crippen LogP contribution in [0.2, 0.25) is 0 Å². The van der Waals surface area contributed by atoms with Crippen molar-refractivity contribution in [3.63, 3.8) is 0 Å². The van der Waals surface area contributed by atoms with Gasteiger partial charge in [-0.25, -0.2) is 4.68 Å². The summed E-state index contributed by atoms with van der Waals surface area (Å²) >= 11 is 0. The number of hydrogen-bond acceptors (Lipinski definition) is 4. The van der Waals surface area contributed by atoms with E-state index in [1.807, 2.05) is 56.4 Å². The monoisotopic (exact) mass is 363 g/mol. The topological polar surface area (TPSA) is 73.2 Å². The Kier molecular flexibility index (Phi) is 5.66. The molecule has 6 heteroatoms. The number of carbonyl (C=O) groups is 2. The van der Waals surface area contributed by atoms with Crippen molar-refractivity contribution in [2.24, 2.45) is 0 Å². The van der Waals surface area contributed by atoms with E-state index in [9.17, 15) is 9.59 Å². The van der Waals surface area contributed by atoms with Gasteiger partial charge in [0.25, 0.3) is 5.91 Å². The summed E-state index contributed by atoms with van der Waals surface area (Å²) in [7, 11) is 0. The molecule has 0 bridgehead atoms. The highest BCUT2D eigenvalue weighted by atomic mass is 16.5. The van der Waals surface area contributed by atoms with E-state index in [-0.39, 0.29) is 19.1 Å². The fourth-order valence-electron chi connectivity index (χ4n) is 2.52. The van der Waals surface area contributed by atoms with Gasteiger partial charge < -0.3 is 10.1 Å². The Morgan fingerprint density at radius 3 is 2.52 bits per heavy atom. The quantitative estimate of drug-likeness (QED) is 0.684. The van der Waals surface area contributed by atoms with Gasteiger partial charge >= 0.3 is 5.97 Å². The number of benzene rings is 2. The lowest BCUT2D eigenvalue weighted by Gasteiger charge is -2.08. The van der Waals surface area contributed by atoms with E-state index in [1.165, 1.54) is 0 Å². The van der Waals surface area contributed by atoms with Crippen molar-refractivity contribution in [1.82, 2.24) is 15.1 Å². The molecule has 0 unspecified atom stereocenters. The van der Waals surface area contributed by atoms with Crippen LogP contribution < -0.4 is 5.32 Å². The maximum atomic E-state index is 12.1. The predicted octanol–water partition coefficient (Wildman–Crippen LogP) is 2.96. The van der Waals surface area contributed by atoms with Crippen LogP contribution in [0.5, 0.6) is 0 Å². The second-order valence-corrected chi connectivity index (χ2v) is 6.26. The molecular weight excluding hydrogens is 342 g/mol. The molecule has 3 aromatic rings. The lowest BCUT2D eigenvalue weighted by atomic mass is 10.1. The molecule has 0 saturated heterocycles. The number of aromatic nitrogens is 2. The summed E-state index contributed by atoms with van der Waals surface area (Å²) < 4.78 is 6.96. The molecule has 1 N–H and O–H groups in total. The largest absolute Gasteiger partial charge is 0.460 e. The molecule has 1 heterocycles. The number of rotatable bonds is 6. The summed E-state index contributed by atoms with van der Waals surface area (Å²) in [6.45, 7) is 3.91. The Labute approximate surface area is 157 Å². The van der Waals surface area contributed by atoms with Crippen molar-refractivity contribution in [2.75, 3.05) is 6.54 Å². The Hall–Kier alpha value is -3.41. The van der Waals surface area contributed by atoms with E-state index < -0.39 is 5.97 Å². The smallest absolute Gasteiger partial charge is 0.325 e. The van der Waals surface area contributed by atoms with Crippen LogP contribution in [-0.2, 0) is 16.1 Å². The molecule has 0 aliphatic carbocycles. The number of aryl methyl sites for hydroxylation is 2. The molecule has 6 nitrogen and oxygen atoms in total. The normalized spacial score (nSPS) is 10.4. The first-order valence-electron chi connectivity index (χ1n) is 8.63. The lowest BCUT2D eigenvalue weighted by molar-refractivity contribution is -0.143. The first kappa shape index (κ1) is 18.4. The van der Waals surface area contributed by atoms with Gasteiger partial charge in [-0.1, -0.05) is 18.2 Å². The maximum Gasteiger partial charge on any atom is 0.325 e. The number of hydrogen-bond donors (Lipinski definition) is 1. The highest BCUT2D eigenvalue weighted by molar-refractivity contribution is 5.96. The minimum absolute atomic E-state index is 0.151. The average molecular weight is 363 g/mol. The van der Waals surface area contributed by atoms with Crippen LogP contribution in [0.4, 0.5) is 0 Å². The van der Waals surface area contributed by atoms with E-state index >= 15 is 0 Å². The van der Waals surface area contributed by atoms with Crippen molar-refractivity contribution in [3.8, 4) is 5.69 Å². The zero-order valence-corrected chi connectivity index (χ0v) is 15.3. The van der Waals surface area contributed by atoms with Crippen LogP contribution in [0.3, 0.4) is 0 Å². The van der Waals surface area contributed by atoms with E-state index in [0.717, 1.165) is 22.4 Å². The zero-order chi connectivity index (χ0) is 19.2. The standard InChI is InChI=1S/C21H21N3O3/c1-15-4-7-18(12-16(15)2)21(26)22-13-20(25)27-14-17-5-8-19(9-6-17)24-11-3-10-23-24/h3-12H,13-14H2,1-2H3,(H,22,26). The van der Waals surface area contributed by atoms with Crippen LogP contribution in [-0.4, -0.2) is 28.2 Å². The Morgan fingerprint density at radius 2 is 1.85 bits per heavy atom. The van der Waals surface area contributed by atoms with Gasteiger partial charge in [0.2, 0.25) is 0 Å².